The van der Waals surface area contributed by atoms with E-state index in [2.05, 4.69) is 10.3 Å². The fraction of sp³-hybridized carbons (Fsp3) is 0.0870. The van der Waals surface area contributed by atoms with Crippen LogP contribution >= 0.6 is 0 Å². The number of rotatable bonds is 4. The molecule has 29 heavy (non-hydrogen) atoms. The minimum absolute atomic E-state index is 0.203. The molecule has 1 aromatic heterocycles. The molecule has 4 rings (SSSR count). The number of nitrogens with one attached hydrogen (secondary N) is 1. The molecule has 0 saturated carbocycles. The summed E-state index contributed by atoms with van der Waals surface area (Å²) in [5.74, 6) is 0.268. The van der Waals surface area contributed by atoms with Gasteiger partial charge in [0.2, 0.25) is 0 Å². The van der Waals surface area contributed by atoms with Crippen molar-refractivity contribution in [1.82, 2.24) is 15.0 Å². The van der Waals surface area contributed by atoms with Crippen LogP contribution in [0, 0.1) is 18.3 Å². The van der Waals surface area contributed by atoms with Crippen molar-refractivity contribution in [2.24, 2.45) is 0 Å². The van der Waals surface area contributed by atoms with Crippen molar-refractivity contribution in [3.63, 3.8) is 0 Å². The molecule has 0 fully saturated rings. The number of amides is 1. The van der Waals surface area contributed by atoms with Gasteiger partial charge < -0.3 is 10.5 Å². The summed E-state index contributed by atoms with van der Waals surface area (Å²) >= 11 is 0. The fourth-order valence-corrected chi connectivity index (χ4v) is 3.11. The fourth-order valence-electron chi connectivity index (χ4n) is 3.11. The zero-order chi connectivity index (χ0) is 20.4. The summed E-state index contributed by atoms with van der Waals surface area (Å²) in [5, 5.41) is 22.1. The van der Waals surface area contributed by atoms with Gasteiger partial charge in [0.05, 0.1) is 17.1 Å². The Bertz CT molecular complexity index is 1230. The maximum Gasteiger partial charge on any atom is 0.251 e. The van der Waals surface area contributed by atoms with Gasteiger partial charge in [0.1, 0.15) is 5.52 Å². The van der Waals surface area contributed by atoms with Crippen LogP contribution in [0.15, 0.2) is 66.7 Å². The lowest BCUT2D eigenvalue weighted by Crippen LogP contribution is -2.22. The summed E-state index contributed by atoms with van der Waals surface area (Å²) in [6, 6.07) is 21.8. The first-order chi connectivity index (χ1) is 14.0. The van der Waals surface area contributed by atoms with Gasteiger partial charge >= 0.3 is 0 Å². The normalized spacial score (nSPS) is 10.6. The van der Waals surface area contributed by atoms with Crippen molar-refractivity contribution in [3.8, 4) is 17.5 Å². The van der Waals surface area contributed by atoms with Crippen LogP contribution in [-0.4, -0.2) is 20.8 Å². The van der Waals surface area contributed by atoms with Crippen LogP contribution in [0.4, 0.5) is 0 Å². The van der Waals surface area contributed by atoms with Gasteiger partial charge in [-0.3, -0.25) is 4.79 Å². The smallest absolute Gasteiger partial charge is 0.251 e. The Kier molecular flexibility index (Phi) is 4.71. The molecule has 142 valence electrons. The first-order valence-corrected chi connectivity index (χ1v) is 9.11. The van der Waals surface area contributed by atoms with E-state index in [0.717, 1.165) is 26.9 Å². The van der Waals surface area contributed by atoms with Gasteiger partial charge in [-0.1, -0.05) is 30.3 Å². The lowest BCUT2D eigenvalue weighted by molar-refractivity contribution is 0.0951. The van der Waals surface area contributed by atoms with Crippen LogP contribution in [0.1, 0.15) is 27.0 Å². The quantitative estimate of drug-likeness (QED) is 0.521. The van der Waals surface area contributed by atoms with Gasteiger partial charge in [0.15, 0.2) is 5.82 Å². The largest absolute Gasteiger partial charge is 0.426 e. The number of aryl methyl sites for hydroxylation is 1. The van der Waals surface area contributed by atoms with Gasteiger partial charge in [-0.2, -0.15) is 9.99 Å². The second-order valence-electron chi connectivity index (χ2n) is 6.81. The topological polar surface area (TPSA) is 90.9 Å². The summed E-state index contributed by atoms with van der Waals surface area (Å²) in [6.07, 6.45) is 0. The molecule has 3 aromatic carbocycles. The zero-order valence-corrected chi connectivity index (χ0v) is 15.8. The number of benzene rings is 3. The summed E-state index contributed by atoms with van der Waals surface area (Å²) in [7, 11) is 0. The van der Waals surface area contributed by atoms with E-state index in [1.165, 1.54) is 0 Å². The van der Waals surface area contributed by atoms with Crippen molar-refractivity contribution in [3.05, 3.63) is 89.0 Å². The molecular weight excluding hydrogens is 364 g/mol. The minimum atomic E-state index is -0.203. The Morgan fingerprint density at radius 2 is 1.83 bits per heavy atom. The number of imidazole rings is 1. The number of nitriles is 1. The second-order valence-corrected chi connectivity index (χ2v) is 6.81. The van der Waals surface area contributed by atoms with Gasteiger partial charge in [-0.25, -0.2) is 4.98 Å². The molecule has 1 heterocycles. The van der Waals surface area contributed by atoms with Gasteiger partial charge in [-0.15, -0.1) is 0 Å². The van der Waals surface area contributed by atoms with Gasteiger partial charge in [-0.05, 0) is 54.4 Å². The molecule has 0 saturated heterocycles. The molecule has 0 aliphatic carbocycles. The minimum Gasteiger partial charge on any atom is -0.426 e. The number of carbonyl (C=O) groups is 1. The van der Waals surface area contributed by atoms with E-state index in [0.29, 0.717) is 29.0 Å². The van der Waals surface area contributed by atoms with E-state index < -0.39 is 0 Å². The van der Waals surface area contributed by atoms with E-state index in [-0.39, 0.29) is 5.91 Å². The highest BCUT2D eigenvalue weighted by atomic mass is 16.5. The molecule has 0 radical (unpaired) electrons. The van der Waals surface area contributed by atoms with Crippen molar-refractivity contribution in [2.75, 3.05) is 0 Å². The number of nitrogens with zero attached hydrogens (tertiary/aromatic N) is 3. The first-order valence-electron chi connectivity index (χ1n) is 9.11. The molecule has 0 aliphatic rings. The predicted octanol–water partition coefficient (Wildman–Crippen LogP) is 4.05. The number of carbonyl (C=O) groups excluding carboxylic acids is 1. The Morgan fingerprint density at radius 3 is 2.52 bits per heavy atom. The van der Waals surface area contributed by atoms with E-state index in [9.17, 15) is 10.0 Å². The Morgan fingerprint density at radius 1 is 1.10 bits per heavy atom. The molecule has 6 heteroatoms. The lowest BCUT2D eigenvalue weighted by Gasteiger charge is -2.07. The predicted molar refractivity (Wildman–Crippen MR) is 109 cm³/mol. The van der Waals surface area contributed by atoms with E-state index in [1.54, 1.807) is 24.3 Å². The second kappa shape index (κ2) is 7.49. The SMILES string of the molecule is Cc1ccc2nc(-c3ccc(CNC(=O)c4ccc(C#N)cc4)cc3)n(O)c2c1. The third kappa shape index (κ3) is 3.66. The molecular formula is C23H18N4O2. The molecule has 0 unspecified atom stereocenters. The van der Waals surface area contributed by atoms with Crippen LogP contribution in [0.5, 0.6) is 0 Å². The third-order valence-electron chi connectivity index (χ3n) is 4.73. The maximum atomic E-state index is 12.2. The Balaban J connectivity index is 1.47. The molecule has 0 atom stereocenters. The van der Waals surface area contributed by atoms with Crippen molar-refractivity contribution in [2.45, 2.75) is 13.5 Å². The Labute approximate surface area is 167 Å². The summed E-state index contributed by atoms with van der Waals surface area (Å²) in [4.78, 5) is 16.7. The van der Waals surface area contributed by atoms with Gasteiger partial charge in [0, 0.05) is 17.7 Å². The highest BCUT2D eigenvalue weighted by Gasteiger charge is 2.12. The molecule has 2 N–H and O–H groups in total. The summed E-state index contributed by atoms with van der Waals surface area (Å²) in [5.41, 5.74) is 5.17. The van der Waals surface area contributed by atoms with E-state index >= 15 is 0 Å². The van der Waals surface area contributed by atoms with Crippen LogP contribution in [0.2, 0.25) is 0 Å². The molecule has 0 spiro atoms. The van der Waals surface area contributed by atoms with Gasteiger partial charge in [0.25, 0.3) is 5.91 Å². The van der Waals surface area contributed by atoms with Crippen LogP contribution in [0.3, 0.4) is 0 Å². The zero-order valence-electron chi connectivity index (χ0n) is 15.8. The van der Waals surface area contributed by atoms with Crippen LogP contribution in [-0.2, 0) is 6.54 Å². The monoisotopic (exact) mass is 382 g/mol. The average Bonchev–Trinajstić information content (AvgIpc) is 3.08. The molecule has 4 aromatic rings. The molecule has 1 amide bonds. The van der Waals surface area contributed by atoms with Crippen molar-refractivity contribution < 1.29 is 10.0 Å². The molecule has 6 nitrogen and oxygen atoms in total. The number of hydrogen-bond donors (Lipinski definition) is 2. The standard InChI is InChI=1S/C23H18N4O2/c1-15-2-11-20-21(12-15)27(29)22(26-20)18-7-5-17(6-8-18)14-25-23(28)19-9-3-16(13-24)4-10-19/h2-12,29H,14H2,1H3,(H,25,28). The number of hydrogen-bond acceptors (Lipinski definition) is 4. The van der Waals surface area contributed by atoms with Crippen molar-refractivity contribution >= 4 is 16.9 Å². The molecule has 0 aliphatic heterocycles. The van der Waals surface area contributed by atoms with Crippen molar-refractivity contribution in [1.29, 1.82) is 5.26 Å². The number of aromatic nitrogens is 2. The highest BCUT2D eigenvalue weighted by molar-refractivity contribution is 5.94. The first kappa shape index (κ1) is 18.3. The lowest BCUT2D eigenvalue weighted by atomic mass is 10.1. The summed E-state index contributed by atoms with van der Waals surface area (Å²) in [6.45, 7) is 2.33. The van der Waals surface area contributed by atoms with Crippen LogP contribution in [0.25, 0.3) is 22.4 Å². The third-order valence-corrected chi connectivity index (χ3v) is 4.73. The maximum absolute atomic E-state index is 12.2. The Hall–Kier alpha value is -4.11. The van der Waals surface area contributed by atoms with Crippen LogP contribution < -0.4 is 5.32 Å². The summed E-state index contributed by atoms with van der Waals surface area (Å²) < 4.78 is 1.10. The number of fused-ring (bicyclic) bond motifs is 1. The highest BCUT2D eigenvalue weighted by Crippen LogP contribution is 2.24. The molecule has 0 bridgehead atoms. The van der Waals surface area contributed by atoms with E-state index in [4.69, 9.17) is 5.26 Å². The van der Waals surface area contributed by atoms with E-state index in [1.807, 2.05) is 55.5 Å². The average molecular weight is 382 g/mol.